The molecule has 0 unspecified atom stereocenters. The van der Waals surface area contributed by atoms with Gasteiger partial charge in [0.25, 0.3) is 0 Å². The summed E-state index contributed by atoms with van der Waals surface area (Å²) < 4.78 is 28.0. The number of alkyl halides is 1. The van der Waals surface area contributed by atoms with E-state index >= 15 is 0 Å². The van der Waals surface area contributed by atoms with E-state index < -0.39 is 15.6 Å². The lowest BCUT2D eigenvalue weighted by atomic mass is 9.97. The summed E-state index contributed by atoms with van der Waals surface area (Å²) in [7, 11) is -3.54. The highest BCUT2D eigenvalue weighted by Crippen LogP contribution is 2.22. The summed E-state index contributed by atoms with van der Waals surface area (Å²) in [4.78, 5) is 0.244. The van der Waals surface area contributed by atoms with Crippen LogP contribution < -0.4 is 4.72 Å². The second-order valence-electron chi connectivity index (χ2n) is 4.18. The van der Waals surface area contributed by atoms with Gasteiger partial charge >= 0.3 is 0 Å². The summed E-state index contributed by atoms with van der Waals surface area (Å²) in [5.74, 6) is 0.257. The first-order chi connectivity index (χ1) is 8.39. The SMILES string of the molecule is CCC(CC)(CCl)NS(=O)(=O)c1cccc(Br)c1. The summed E-state index contributed by atoms with van der Waals surface area (Å²) in [5, 5.41) is 0. The minimum atomic E-state index is -3.54. The fourth-order valence-corrected chi connectivity index (χ4v) is 4.25. The molecule has 102 valence electrons. The largest absolute Gasteiger partial charge is 0.241 e. The van der Waals surface area contributed by atoms with Gasteiger partial charge in [-0.2, -0.15) is 0 Å². The molecule has 0 saturated carbocycles. The predicted molar refractivity (Wildman–Crippen MR) is 78.5 cm³/mol. The van der Waals surface area contributed by atoms with Crippen LogP contribution in [0.15, 0.2) is 33.6 Å². The maximum absolute atomic E-state index is 12.3. The van der Waals surface area contributed by atoms with Crippen molar-refractivity contribution in [2.75, 3.05) is 5.88 Å². The average molecular weight is 355 g/mol. The second-order valence-corrected chi connectivity index (χ2v) is 7.05. The molecule has 0 fully saturated rings. The summed E-state index contributed by atoms with van der Waals surface area (Å²) in [6, 6.07) is 6.62. The van der Waals surface area contributed by atoms with Gasteiger partial charge in [-0.1, -0.05) is 35.8 Å². The fourth-order valence-electron chi connectivity index (χ4n) is 1.59. The summed E-state index contributed by atoms with van der Waals surface area (Å²) in [6.07, 6.45) is 1.31. The number of sulfonamides is 1. The molecule has 1 N–H and O–H groups in total. The van der Waals surface area contributed by atoms with E-state index in [4.69, 9.17) is 11.6 Å². The number of benzene rings is 1. The van der Waals surface area contributed by atoms with E-state index in [9.17, 15) is 8.42 Å². The molecule has 1 aromatic rings. The Bertz CT molecular complexity index is 492. The molecule has 0 saturated heterocycles. The summed E-state index contributed by atoms with van der Waals surface area (Å²) in [6.45, 7) is 3.85. The monoisotopic (exact) mass is 353 g/mol. The van der Waals surface area contributed by atoms with E-state index in [2.05, 4.69) is 20.7 Å². The molecule has 0 atom stereocenters. The van der Waals surface area contributed by atoms with Gasteiger partial charge in [-0.25, -0.2) is 13.1 Å². The Balaban J connectivity index is 3.08. The lowest BCUT2D eigenvalue weighted by molar-refractivity contribution is 0.394. The van der Waals surface area contributed by atoms with Gasteiger partial charge in [0, 0.05) is 15.9 Å². The van der Waals surface area contributed by atoms with Crippen molar-refractivity contribution in [2.45, 2.75) is 37.1 Å². The van der Waals surface area contributed by atoms with E-state index in [0.717, 1.165) is 4.47 Å². The molecule has 0 bridgehead atoms. The topological polar surface area (TPSA) is 46.2 Å². The number of hydrogen-bond donors (Lipinski definition) is 1. The standard InChI is InChI=1S/C12H17BrClNO2S/c1-3-12(4-2,9-14)15-18(16,17)11-7-5-6-10(13)8-11/h5-8,15H,3-4,9H2,1-2H3. The third-order valence-electron chi connectivity index (χ3n) is 3.07. The van der Waals surface area contributed by atoms with Crippen LogP contribution in [0.4, 0.5) is 0 Å². The van der Waals surface area contributed by atoms with Crippen molar-refractivity contribution in [3.8, 4) is 0 Å². The van der Waals surface area contributed by atoms with Crippen LogP contribution in [0.25, 0.3) is 0 Å². The second kappa shape index (κ2) is 6.37. The molecule has 1 aromatic carbocycles. The zero-order valence-electron chi connectivity index (χ0n) is 10.4. The molecule has 0 aliphatic carbocycles. The normalized spacial score (nSPS) is 12.7. The molecule has 1 rings (SSSR count). The van der Waals surface area contributed by atoms with Gasteiger partial charge in [0.2, 0.25) is 10.0 Å². The molecule has 0 radical (unpaired) electrons. The third-order valence-corrected chi connectivity index (χ3v) is 5.65. The molecule has 0 spiro atoms. The summed E-state index contributed by atoms with van der Waals surface area (Å²) in [5.41, 5.74) is -0.581. The van der Waals surface area contributed by atoms with Crippen molar-refractivity contribution in [2.24, 2.45) is 0 Å². The van der Waals surface area contributed by atoms with Crippen LogP contribution in [-0.2, 0) is 10.0 Å². The van der Waals surface area contributed by atoms with Crippen LogP contribution >= 0.6 is 27.5 Å². The average Bonchev–Trinajstić information content (AvgIpc) is 2.36. The van der Waals surface area contributed by atoms with Crippen LogP contribution in [0.5, 0.6) is 0 Å². The highest BCUT2D eigenvalue weighted by Gasteiger charge is 2.31. The van der Waals surface area contributed by atoms with Gasteiger partial charge in [0.1, 0.15) is 0 Å². The van der Waals surface area contributed by atoms with Crippen LogP contribution in [0, 0.1) is 0 Å². The lowest BCUT2D eigenvalue weighted by Crippen LogP contribution is -2.49. The van der Waals surface area contributed by atoms with Crippen LogP contribution in [-0.4, -0.2) is 19.8 Å². The zero-order valence-corrected chi connectivity index (χ0v) is 13.6. The lowest BCUT2D eigenvalue weighted by Gasteiger charge is -2.30. The van der Waals surface area contributed by atoms with E-state index in [1.54, 1.807) is 24.3 Å². The van der Waals surface area contributed by atoms with Gasteiger partial charge in [-0.05, 0) is 31.0 Å². The number of halogens is 2. The fraction of sp³-hybridized carbons (Fsp3) is 0.500. The first-order valence-electron chi connectivity index (χ1n) is 5.74. The maximum Gasteiger partial charge on any atom is 0.241 e. The quantitative estimate of drug-likeness (QED) is 0.794. The van der Waals surface area contributed by atoms with Gasteiger partial charge in [0.15, 0.2) is 0 Å². The Morgan fingerprint density at radius 2 is 1.94 bits per heavy atom. The Hall–Kier alpha value is -0.100. The summed E-state index contributed by atoms with van der Waals surface area (Å²) >= 11 is 9.18. The minimum absolute atomic E-state index is 0.244. The van der Waals surface area contributed by atoms with Crippen molar-refractivity contribution < 1.29 is 8.42 Å². The predicted octanol–water partition coefficient (Wildman–Crippen LogP) is 3.53. The van der Waals surface area contributed by atoms with Gasteiger partial charge in [0.05, 0.1) is 4.90 Å². The van der Waals surface area contributed by atoms with Gasteiger partial charge in [-0.3, -0.25) is 0 Å². The molecule has 0 aromatic heterocycles. The molecule has 0 aliphatic rings. The molecule has 0 heterocycles. The molecule has 6 heteroatoms. The van der Waals surface area contributed by atoms with E-state index in [-0.39, 0.29) is 10.8 Å². The Morgan fingerprint density at radius 3 is 2.39 bits per heavy atom. The van der Waals surface area contributed by atoms with Gasteiger partial charge in [-0.15, -0.1) is 11.6 Å². The van der Waals surface area contributed by atoms with E-state index in [1.807, 2.05) is 13.8 Å². The molecular formula is C12H17BrClNO2S. The number of rotatable bonds is 6. The van der Waals surface area contributed by atoms with Crippen molar-refractivity contribution in [3.63, 3.8) is 0 Å². The Kier molecular flexibility index (Phi) is 5.65. The third kappa shape index (κ3) is 3.70. The maximum atomic E-state index is 12.3. The molecule has 0 aliphatic heterocycles. The van der Waals surface area contributed by atoms with Crippen molar-refractivity contribution in [1.29, 1.82) is 0 Å². The highest BCUT2D eigenvalue weighted by molar-refractivity contribution is 9.10. The van der Waals surface area contributed by atoms with E-state index in [1.165, 1.54) is 0 Å². The van der Waals surface area contributed by atoms with Crippen LogP contribution in [0.1, 0.15) is 26.7 Å². The highest BCUT2D eigenvalue weighted by atomic mass is 79.9. The molecule has 18 heavy (non-hydrogen) atoms. The van der Waals surface area contributed by atoms with Crippen molar-refractivity contribution in [1.82, 2.24) is 4.72 Å². The minimum Gasteiger partial charge on any atom is -0.207 e. The molecule has 3 nitrogen and oxygen atoms in total. The van der Waals surface area contributed by atoms with Gasteiger partial charge < -0.3 is 0 Å². The van der Waals surface area contributed by atoms with Crippen molar-refractivity contribution >= 4 is 37.6 Å². The molecular weight excluding hydrogens is 338 g/mol. The van der Waals surface area contributed by atoms with Crippen molar-refractivity contribution in [3.05, 3.63) is 28.7 Å². The zero-order chi connectivity index (χ0) is 13.8. The van der Waals surface area contributed by atoms with Crippen LogP contribution in [0.2, 0.25) is 0 Å². The number of hydrogen-bond acceptors (Lipinski definition) is 2. The Morgan fingerprint density at radius 1 is 1.33 bits per heavy atom. The first-order valence-corrected chi connectivity index (χ1v) is 8.55. The first kappa shape index (κ1) is 16.0. The smallest absolute Gasteiger partial charge is 0.207 e. The molecule has 0 amide bonds. The van der Waals surface area contributed by atoms with Crippen LogP contribution in [0.3, 0.4) is 0 Å². The Labute approximate surface area is 122 Å². The van der Waals surface area contributed by atoms with E-state index in [0.29, 0.717) is 12.8 Å². The number of nitrogens with one attached hydrogen (secondary N) is 1.